The Kier molecular flexibility index (Phi) is 12.4. The second-order valence-corrected chi connectivity index (χ2v) is 10.1. The number of fused-ring (bicyclic) bond motifs is 3. The van der Waals surface area contributed by atoms with E-state index >= 15 is 0 Å². The summed E-state index contributed by atoms with van der Waals surface area (Å²) in [6.45, 7) is 8.55. The summed E-state index contributed by atoms with van der Waals surface area (Å²) < 4.78 is -0.512. The van der Waals surface area contributed by atoms with Crippen LogP contribution in [0.15, 0.2) is 72.8 Å². The first kappa shape index (κ1) is 27.3. The number of hydrogen-bond donors (Lipinski definition) is 0. The van der Waals surface area contributed by atoms with Crippen molar-refractivity contribution in [3.8, 4) is 11.1 Å². The van der Waals surface area contributed by atoms with E-state index in [4.69, 9.17) is 23.2 Å². The van der Waals surface area contributed by atoms with Crippen molar-refractivity contribution in [2.45, 2.75) is 51.3 Å². The summed E-state index contributed by atoms with van der Waals surface area (Å²) in [5, 5.41) is 0. The van der Waals surface area contributed by atoms with Crippen LogP contribution in [0.5, 0.6) is 0 Å². The molecule has 0 saturated heterocycles. The van der Waals surface area contributed by atoms with E-state index < -0.39 is 4.33 Å². The molecule has 0 heterocycles. The van der Waals surface area contributed by atoms with E-state index in [9.17, 15) is 0 Å². The van der Waals surface area contributed by atoms with Crippen molar-refractivity contribution in [3.63, 3.8) is 0 Å². The van der Waals surface area contributed by atoms with Gasteiger partial charge in [-0.1, -0.05) is 63.1 Å². The van der Waals surface area contributed by atoms with E-state index in [1.54, 1.807) is 0 Å². The molecule has 3 heteroatoms. The molecule has 158 valence electrons. The van der Waals surface area contributed by atoms with E-state index in [0.717, 1.165) is 19.3 Å². The quantitative estimate of drug-likeness (QED) is 0.187. The molecule has 0 bridgehead atoms. The Hall–Kier alpha value is -0.747. The van der Waals surface area contributed by atoms with Crippen LogP contribution in [0.1, 0.15) is 51.7 Å². The van der Waals surface area contributed by atoms with Crippen LogP contribution < -0.4 is 0 Å². The molecule has 0 amide bonds. The van der Waals surface area contributed by atoms with Gasteiger partial charge in [-0.05, 0) is 31.1 Å². The van der Waals surface area contributed by atoms with Crippen LogP contribution in [0.25, 0.3) is 11.1 Å². The van der Waals surface area contributed by atoms with Crippen molar-refractivity contribution in [1.82, 2.24) is 0 Å². The van der Waals surface area contributed by atoms with Gasteiger partial charge in [-0.15, -0.1) is 28.8 Å². The normalized spacial score (nSPS) is 11.5. The number of benzene rings is 2. The molecule has 4 rings (SSSR count). The van der Waals surface area contributed by atoms with E-state index in [1.807, 2.05) is 36.4 Å². The standard InChI is InChI=1S/C13H9.C9H18Cl2.C5H5.Zr/c1-3-7-12-10(5-1)9-11-6-2-4-8-13(11)12;1-7(2)5-9(10,11)6-8(3)4;1-2-4-5-3-1;/h1-5,7-8H,9H2;7-8H,5-6H2,1-4H3;1-5H;/q-1;;-1;+2. The summed E-state index contributed by atoms with van der Waals surface area (Å²) in [6, 6.07) is 28.1. The molecule has 3 aromatic carbocycles. The third-order valence-electron chi connectivity index (χ3n) is 4.59. The molecule has 0 unspecified atom stereocenters. The molecule has 0 fully saturated rings. The number of hydrogen-bond acceptors (Lipinski definition) is 0. The number of halogens is 2. The predicted octanol–water partition coefficient (Wildman–Crippen LogP) is 8.71. The van der Waals surface area contributed by atoms with Gasteiger partial charge in [0.15, 0.2) is 0 Å². The third kappa shape index (κ3) is 9.59. The largest absolute Gasteiger partial charge is 2.00 e. The first-order chi connectivity index (χ1) is 13.8. The van der Waals surface area contributed by atoms with Crippen LogP contribution >= 0.6 is 23.2 Å². The summed E-state index contributed by atoms with van der Waals surface area (Å²) in [5.74, 6) is 1.15. The fourth-order valence-corrected chi connectivity index (χ4v) is 4.83. The molecule has 3 aromatic rings. The molecule has 1 aliphatic carbocycles. The molecule has 0 saturated carbocycles. The van der Waals surface area contributed by atoms with Crippen LogP contribution in [0, 0.1) is 17.9 Å². The van der Waals surface area contributed by atoms with Crippen LogP contribution in [-0.4, -0.2) is 4.33 Å². The summed E-state index contributed by atoms with van der Waals surface area (Å²) in [6.07, 6.45) is 2.81. The van der Waals surface area contributed by atoms with Gasteiger partial charge in [-0.2, -0.15) is 48.0 Å². The maximum absolute atomic E-state index is 6.09. The van der Waals surface area contributed by atoms with Gasteiger partial charge in [-0.3, -0.25) is 0 Å². The van der Waals surface area contributed by atoms with Crippen LogP contribution in [0.3, 0.4) is 0 Å². The van der Waals surface area contributed by atoms with Crippen molar-refractivity contribution >= 4 is 23.2 Å². The summed E-state index contributed by atoms with van der Waals surface area (Å²) in [4.78, 5) is 0. The maximum atomic E-state index is 6.09. The summed E-state index contributed by atoms with van der Waals surface area (Å²) >= 11 is 12.2. The molecule has 0 spiro atoms. The van der Waals surface area contributed by atoms with E-state index in [0.29, 0.717) is 11.8 Å². The van der Waals surface area contributed by atoms with Gasteiger partial charge in [0.05, 0.1) is 0 Å². The Labute approximate surface area is 212 Å². The topological polar surface area (TPSA) is 0 Å². The molecule has 0 atom stereocenters. The van der Waals surface area contributed by atoms with Crippen LogP contribution in [0.4, 0.5) is 0 Å². The molecule has 0 N–H and O–H groups in total. The van der Waals surface area contributed by atoms with Crippen LogP contribution in [-0.2, 0) is 32.6 Å². The zero-order valence-corrected chi connectivity index (χ0v) is 22.4. The van der Waals surface area contributed by atoms with Crippen molar-refractivity contribution in [3.05, 3.63) is 90.0 Å². The minimum absolute atomic E-state index is 0. The van der Waals surface area contributed by atoms with Gasteiger partial charge < -0.3 is 0 Å². The SMILES string of the molecule is CC(C)CC(Cl)(Cl)CC(C)C.[Zr+2].[c-]1cccc2c1Cc1ccccc1-2.c1cc[cH-]c1. The van der Waals surface area contributed by atoms with Crippen molar-refractivity contribution < 1.29 is 26.2 Å². The number of alkyl halides is 2. The Morgan fingerprint density at radius 2 is 1.43 bits per heavy atom. The van der Waals surface area contributed by atoms with Gasteiger partial charge in [0, 0.05) is 0 Å². The zero-order chi connectivity index (χ0) is 21.3. The molecule has 0 nitrogen and oxygen atoms in total. The average Bonchev–Trinajstić information content (AvgIpc) is 3.31. The molecular formula is C27H32Cl2Zr. The molecular weight excluding hydrogens is 486 g/mol. The predicted molar refractivity (Wildman–Crippen MR) is 129 cm³/mol. The van der Waals surface area contributed by atoms with Crippen LogP contribution in [0.2, 0.25) is 0 Å². The fourth-order valence-electron chi connectivity index (χ4n) is 3.60. The second kappa shape index (κ2) is 13.6. The Morgan fingerprint density at radius 1 is 0.867 bits per heavy atom. The first-order valence-electron chi connectivity index (χ1n) is 10.4. The van der Waals surface area contributed by atoms with Crippen molar-refractivity contribution in [2.24, 2.45) is 11.8 Å². The molecule has 1 aliphatic rings. The maximum Gasteiger partial charge on any atom is 2.00 e. The van der Waals surface area contributed by atoms with Crippen molar-refractivity contribution in [1.29, 1.82) is 0 Å². The van der Waals surface area contributed by atoms with Gasteiger partial charge in [0.1, 0.15) is 4.33 Å². The molecule has 0 aliphatic heterocycles. The summed E-state index contributed by atoms with van der Waals surface area (Å²) in [7, 11) is 0. The molecule has 30 heavy (non-hydrogen) atoms. The second-order valence-electron chi connectivity index (χ2n) is 8.41. The average molecular weight is 519 g/mol. The van der Waals surface area contributed by atoms with Gasteiger partial charge in [-0.25, -0.2) is 12.1 Å². The van der Waals surface area contributed by atoms with E-state index in [2.05, 4.69) is 70.2 Å². The number of rotatable bonds is 4. The molecule has 0 radical (unpaired) electrons. The summed E-state index contributed by atoms with van der Waals surface area (Å²) in [5.41, 5.74) is 5.51. The Balaban J connectivity index is 0.000000241. The minimum atomic E-state index is -0.512. The Morgan fingerprint density at radius 3 is 1.97 bits per heavy atom. The zero-order valence-electron chi connectivity index (χ0n) is 18.5. The first-order valence-corrected chi connectivity index (χ1v) is 11.2. The van der Waals surface area contributed by atoms with Gasteiger partial charge >= 0.3 is 26.2 Å². The van der Waals surface area contributed by atoms with E-state index in [1.165, 1.54) is 22.3 Å². The van der Waals surface area contributed by atoms with Gasteiger partial charge in [0.2, 0.25) is 0 Å². The minimum Gasteiger partial charge on any atom is -0.214 e. The third-order valence-corrected chi connectivity index (χ3v) is 5.20. The van der Waals surface area contributed by atoms with Crippen molar-refractivity contribution in [2.75, 3.05) is 0 Å². The Bertz CT molecular complexity index is 763. The van der Waals surface area contributed by atoms with E-state index in [-0.39, 0.29) is 26.2 Å². The van der Waals surface area contributed by atoms with Gasteiger partial charge in [0.25, 0.3) is 0 Å². The monoisotopic (exact) mass is 516 g/mol. The smallest absolute Gasteiger partial charge is 0.214 e. The molecule has 0 aromatic heterocycles. The fraction of sp³-hybridized carbons (Fsp3) is 0.370.